The van der Waals surface area contributed by atoms with Gasteiger partial charge in [0.25, 0.3) is 0 Å². The molecule has 0 radical (unpaired) electrons. The van der Waals surface area contributed by atoms with Crippen molar-refractivity contribution in [3.8, 4) is 0 Å². The minimum absolute atomic E-state index is 0.0670. The van der Waals surface area contributed by atoms with Gasteiger partial charge in [0.05, 0.1) is 12.6 Å². The van der Waals surface area contributed by atoms with Gasteiger partial charge < -0.3 is 9.88 Å². The summed E-state index contributed by atoms with van der Waals surface area (Å²) in [5.74, 6) is 1.97. The number of nitrogens with zero attached hydrogens (tertiary/aromatic N) is 4. The van der Waals surface area contributed by atoms with Crippen LogP contribution in [0.1, 0.15) is 29.2 Å². The highest BCUT2D eigenvalue weighted by Gasteiger charge is 2.29. The highest BCUT2D eigenvalue weighted by molar-refractivity contribution is 5.82. The van der Waals surface area contributed by atoms with E-state index in [9.17, 15) is 4.79 Å². The van der Waals surface area contributed by atoms with E-state index in [2.05, 4.69) is 43.2 Å². The molecule has 23 heavy (non-hydrogen) atoms. The number of rotatable bonds is 3. The Morgan fingerprint density at radius 3 is 3.00 bits per heavy atom. The number of aryl methyl sites for hydroxylation is 1. The molecule has 0 saturated carbocycles. The molecule has 2 aliphatic heterocycles. The number of carbonyl (C=O) groups excluding carboxylic acids is 1. The first-order valence-corrected chi connectivity index (χ1v) is 8.18. The van der Waals surface area contributed by atoms with Gasteiger partial charge in [-0.15, -0.1) is 10.2 Å². The largest absolute Gasteiger partial charge is 0.347 e. The van der Waals surface area contributed by atoms with E-state index in [1.54, 1.807) is 0 Å². The maximum absolute atomic E-state index is 12.6. The van der Waals surface area contributed by atoms with Crippen LogP contribution in [0.3, 0.4) is 0 Å². The summed E-state index contributed by atoms with van der Waals surface area (Å²) >= 11 is 0. The van der Waals surface area contributed by atoms with Crippen LogP contribution in [0.15, 0.2) is 24.3 Å². The first-order chi connectivity index (χ1) is 11.2. The zero-order valence-electron chi connectivity index (χ0n) is 13.3. The standard InChI is InChI=1S/C17H21N5O/c1-21-11-13-6-3-2-5-12(13)9-14(21)17(23)18-10-16-20-19-15-7-4-8-22(15)16/h2-3,5-6,14H,4,7-11H2,1H3,(H,18,23)/t14-/m0/s1. The van der Waals surface area contributed by atoms with Gasteiger partial charge in [-0.1, -0.05) is 24.3 Å². The zero-order valence-corrected chi connectivity index (χ0v) is 13.3. The Balaban J connectivity index is 1.43. The Hall–Kier alpha value is -2.21. The van der Waals surface area contributed by atoms with Crippen LogP contribution in [-0.2, 0) is 37.3 Å². The predicted molar refractivity (Wildman–Crippen MR) is 85.6 cm³/mol. The molecule has 0 spiro atoms. The molecule has 1 amide bonds. The first-order valence-electron chi connectivity index (χ1n) is 8.18. The van der Waals surface area contributed by atoms with E-state index < -0.39 is 0 Å². The fraction of sp³-hybridized carbons (Fsp3) is 0.471. The molecule has 2 aliphatic rings. The summed E-state index contributed by atoms with van der Waals surface area (Å²) in [5.41, 5.74) is 2.59. The lowest BCUT2D eigenvalue weighted by Gasteiger charge is -2.33. The number of hydrogen-bond acceptors (Lipinski definition) is 4. The smallest absolute Gasteiger partial charge is 0.238 e. The van der Waals surface area contributed by atoms with E-state index in [1.165, 1.54) is 11.1 Å². The quantitative estimate of drug-likeness (QED) is 0.915. The summed E-state index contributed by atoms with van der Waals surface area (Å²) in [6.07, 6.45) is 2.87. The fourth-order valence-corrected chi connectivity index (χ4v) is 3.57. The van der Waals surface area contributed by atoms with Crippen molar-refractivity contribution in [1.29, 1.82) is 0 Å². The Labute approximate surface area is 135 Å². The van der Waals surface area contributed by atoms with Gasteiger partial charge in [0, 0.05) is 19.5 Å². The molecule has 4 rings (SSSR count). The average molecular weight is 311 g/mol. The van der Waals surface area contributed by atoms with Crippen LogP contribution in [-0.4, -0.2) is 38.7 Å². The maximum atomic E-state index is 12.6. The number of fused-ring (bicyclic) bond motifs is 2. The van der Waals surface area contributed by atoms with E-state index >= 15 is 0 Å². The lowest BCUT2D eigenvalue weighted by Crippen LogP contribution is -2.48. The zero-order chi connectivity index (χ0) is 15.8. The minimum atomic E-state index is -0.120. The molecule has 1 aromatic heterocycles. The van der Waals surface area contributed by atoms with Crippen molar-refractivity contribution in [3.63, 3.8) is 0 Å². The van der Waals surface area contributed by atoms with E-state index in [-0.39, 0.29) is 11.9 Å². The second-order valence-electron chi connectivity index (χ2n) is 6.41. The number of nitrogens with one attached hydrogen (secondary N) is 1. The molecule has 120 valence electrons. The second kappa shape index (κ2) is 5.77. The van der Waals surface area contributed by atoms with Crippen LogP contribution < -0.4 is 5.32 Å². The number of carbonyl (C=O) groups is 1. The third kappa shape index (κ3) is 2.63. The highest BCUT2D eigenvalue weighted by atomic mass is 16.2. The van der Waals surface area contributed by atoms with Gasteiger partial charge in [-0.05, 0) is 31.0 Å². The summed E-state index contributed by atoms with van der Waals surface area (Å²) in [4.78, 5) is 14.7. The normalized spacial score (nSPS) is 20.1. The molecule has 0 aliphatic carbocycles. The maximum Gasteiger partial charge on any atom is 0.238 e. The van der Waals surface area contributed by atoms with Gasteiger partial charge in [0.15, 0.2) is 5.82 Å². The summed E-state index contributed by atoms with van der Waals surface area (Å²) in [6.45, 7) is 2.23. The molecule has 0 saturated heterocycles. The van der Waals surface area contributed by atoms with E-state index in [0.29, 0.717) is 6.54 Å². The molecule has 0 bridgehead atoms. The monoisotopic (exact) mass is 311 g/mol. The molecule has 0 fully saturated rings. The van der Waals surface area contributed by atoms with E-state index in [1.807, 2.05) is 13.1 Å². The number of aromatic nitrogens is 3. The van der Waals surface area contributed by atoms with Crippen molar-refractivity contribution in [2.75, 3.05) is 7.05 Å². The third-order valence-electron chi connectivity index (χ3n) is 4.89. The highest BCUT2D eigenvalue weighted by Crippen LogP contribution is 2.22. The summed E-state index contributed by atoms with van der Waals surface area (Å²) in [6, 6.07) is 8.23. The molecular weight excluding hydrogens is 290 g/mol. The van der Waals surface area contributed by atoms with Crippen molar-refractivity contribution in [2.45, 2.75) is 44.9 Å². The fourth-order valence-electron chi connectivity index (χ4n) is 3.57. The summed E-state index contributed by atoms with van der Waals surface area (Å²) in [7, 11) is 2.01. The number of benzene rings is 1. The lowest BCUT2D eigenvalue weighted by molar-refractivity contribution is -0.126. The summed E-state index contributed by atoms with van der Waals surface area (Å²) in [5, 5.41) is 11.4. The molecule has 1 aromatic carbocycles. The Morgan fingerprint density at radius 1 is 1.30 bits per heavy atom. The van der Waals surface area contributed by atoms with Crippen LogP contribution in [0.2, 0.25) is 0 Å². The molecule has 2 aromatic rings. The van der Waals surface area contributed by atoms with Crippen molar-refractivity contribution < 1.29 is 4.79 Å². The summed E-state index contributed by atoms with van der Waals surface area (Å²) < 4.78 is 2.13. The first kappa shape index (κ1) is 14.4. The van der Waals surface area contributed by atoms with Crippen molar-refractivity contribution >= 4 is 5.91 Å². The molecule has 3 heterocycles. The molecule has 1 N–H and O–H groups in total. The second-order valence-corrected chi connectivity index (χ2v) is 6.41. The van der Waals surface area contributed by atoms with Crippen LogP contribution in [0.25, 0.3) is 0 Å². The minimum Gasteiger partial charge on any atom is -0.347 e. The molecule has 0 unspecified atom stereocenters. The van der Waals surface area contributed by atoms with E-state index in [0.717, 1.165) is 44.0 Å². The van der Waals surface area contributed by atoms with E-state index in [4.69, 9.17) is 0 Å². The number of hydrogen-bond donors (Lipinski definition) is 1. The SMILES string of the molecule is CN1Cc2ccccc2C[C@H]1C(=O)NCc1nnc2n1CCC2. The van der Waals surface area contributed by atoms with Crippen molar-refractivity contribution in [2.24, 2.45) is 0 Å². The van der Waals surface area contributed by atoms with Gasteiger partial charge in [-0.3, -0.25) is 9.69 Å². The van der Waals surface area contributed by atoms with Gasteiger partial charge in [0.1, 0.15) is 5.82 Å². The molecule has 6 nitrogen and oxygen atoms in total. The Kier molecular flexibility index (Phi) is 3.61. The lowest BCUT2D eigenvalue weighted by atomic mass is 9.94. The van der Waals surface area contributed by atoms with Gasteiger partial charge in [-0.2, -0.15) is 0 Å². The van der Waals surface area contributed by atoms with Crippen LogP contribution in [0.4, 0.5) is 0 Å². The van der Waals surface area contributed by atoms with Gasteiger partial charge in [-0.25, -0.2) is 0 Å². The number of likely N-dealkylation sites (N-methyl/N-ethyl adjacent to an activating group) is 1. The predicted octanol–water partition coefficient (Wildman–Crippen LogP) is 0.897. The third-order valence-corrected chi connectivity index (χ3v) is 4.89. The Bertz CT molecular complexity index is 738. The van der Waals surface area contributed by atoms with Crippen LogP contribution in [0.5, 0.6) is 0 Å². The van der Waals surface area contributed by atoms with Gasteiger partial charge >= 0.3 is 0 Å². The number of amides is 1. The average Bonchev–Trinajstić information content (AvgIpc) is 3.15. The van der Waals surface area contributed by atoms with Crippen LogP contribution in [0, 0.1) is 0 Å². The van der Waals surface area contributed by atoms with Crippen molar-refractivity contribution in [3.05, 3.63) is 47.0 Å². The Morgan fingerprint density at radius 2 is 2.13 bits per heavy atom. The van der Waals surface area contributed by atoms with Gasteiger partial charge in [0.2, 0.25) is 5.91 Å². The molecule has 6 heteroatoms. The molecular formula is C17H21N5O. The van der Waals surface area contributed by atoms with Crippen LogP contribution >= 0.6 is 0 Å². The van der Waals surface area contributed by atoms with Crippen molar-refractivity contribution in [1.82, 2.24) is 25.0 Å². The molecule has 1 atom stereocenters. The topological polar surface area (TPSA) is 63.1 Å².